The first kappa shape index (κ1) is 14.9. The second-order valence-electron chi connectivity index (χ2n) is 4.67. The fourth-order valence-electron chi connectivity index (χ4n) is 1.98. The number of amides is 1. The number of carbonyl (C=O) groups excluding carboxylic acids is 1. The van der Waals surface area contributed by atoms with E-state index in [0.29, 0.717) is 36.6 Å². The molecular formula is C15H20N4O2. The van der Waals surface area contributed by atoms with Gasteiger partial charge in [0.1, 0.15) is 5.75 Å². The molecule has 2 rings (SSSR count). The molecule has 0 aliphatic rings. The molecule has 1 aromatic carbocycles. The molecule has 1 aromatic heterocycles. The predicted molar refractivity (Wildman–Crippen MR) is 81.3 cm³/mol. The van der Waals surface area contributed by atoms with Crippen molar-refractivity contribution in [2.24, 2.45) is 7.05 Å². The van der Waals surface area contributed by atoms with Gasteiger partial charge < -0.3 is 15.8 Å². The van der Waals surface area contributed by atoms with Crippen molar-refractivity contribution in [1.29, 1.82) is 0 Å². The zero-order valence-corrected chi connectivity index (χ0v) is 12.3. The van der Waals surface area contributed by atoms with E-state index in [1.165, 1.54) is 0 Å². The van der Waals surface area contributed by atoms with Crippen LogP contribution in [-0.2, 0) is 13.5 Å². The Morgan fingerprint density at radius 1 is 1.43 bits per heavy atom. The fraction of sp³-hybridized carbons (Fsp3) is 0.333. The van der Waals surface area contributed by atoms with Gasteiger partial charge in [-0.05, 0) is 31.2 Å². The number of nitrogens with one attached hydrogen (secondary N) is 1. The van der Waals surface area contributed by atoms with Crippen LogP contribution in [0.2, 0.25) is 0 Å². The SMILES string of the molecule is CCOc1ccc(C(=O)NCCc2ccn(C)n2)cc1N. The third kappa shape index (κ3) is 3.98. The maximum atomic E-state index is 12.0. The standard InChI is InChI=1S/C15H20N4O2/c1-3-21-14-5-4-11(10-13(14)16)15(20)17-8-6-12-7-9-19(2)18-12/h4-5,7,9-10H,3,6,8,16H2,1-2H3,(H,17,20). The molecule has 0 radical (unpaired) electrons. The molecule has 21 heavy (non-hydrogen) atoms. The van der Waals surface area contributed by atoms with Gasteiger partial charge in [0.15, 0.2) is 0 Å². The van der Waals surface area contributed by atoms with Crippen LogP contribution in [0.3, 0.4) is 0 Å². The Bertz CT molecular complexity index is 622. The van der Waals surface area contributed by atoms with Crippen molar-refractivity contribution in [3.8, 4) is 5.75 Å². The Morgan fingerprint density at radius 3 is 2.86 bits per heavy atom. The van der Waals surface area contributed by atoms with E-state index < -0.39 is 0 Å². The number of nitrogens with zero attached hydrogens (tertiary/aromatic N) is 2. The minimum Gasteiger partial charge on any atom is -0.492 e. The minimum absolute atomic E-state index is 0.152. The number of ether oxygens (including phenoxy) is 1. The van der Waals surface area contributed by atoms with Gasteiger partial charge in [0, 0.05) is 31.8 Å². The van der Waals surface area contributed by atoms with Crippen molar-refractivity contribution in [1.82, 2.24) is 15.1 Å². The molecule has 1 heterocycles. The van der Waals surface area contributed by atoms with E-state index in [1.54, 1.807) is 22.9 Å². The molecule has 0 saturated carbocycles. The van der Waals surface area contributed by atoms with Gasteiger partial charge in [-0.25, -0.2) is 0 Å². The molecule has 0 spiro atoms. The summed E-state index contributed by atoms with van der Waals surface area (Å²) in [5.74, 6) is 0.447. The highest BCUT2D eigenvalue weighted by Gasteiger charge is 2.08. The summed E-state index contributed by atoms with van der Waals surface area (Å²) in [6.45, 7) is 2.96. The maximum absolute atomic E-state index is 12.0. The van der Waals surface area contributed by atoms with Crippen LogP contribution in [0, 0.1) is 0 Å². The highest BCUT2D eigenvalue weighted by molar-refractivity contribution is 5.95. The molecule has 2 aromatic rings. The summed E-state index contributed by atoms with van der Waals surface area (Å²) in [6.07, 6.45) is 2.57. The number of anilines is 1. The third-order valence-electron chi connectivity index (χ3n) is 3.01. The number of rotatable bonds is 6. The molecule has 0 aliphatic carbocycles. The smallest absolute Gasteiger partial charge is 0.251 e. The number of nitrogens with two attached hydrogens (primary N) is 1. The molecule has 1 amide bonds. The second-order valence-corrected chi connectivity index (χ2v) is 4.67. The van der Waals surface area contributed by atoms with Gasteiger partial charge in [-0.1, -0.05) is 0 Å². The lowest BCUT2D eigenvalue weighted by atomic mass is 10.1. The summed E-state index contributed by atoms with van der Waals surface area (Å²) in [6, 6.07) is 6.98. The molecule has 0 unspecified atom stereocenters. The molecule has 6 nitrogen and oxygen atoms in total. The van der Waals surface area contributed by atoms with Crippen molar-refractivity contribution in [3.63, 3.8) is 0 Å². The highest BCUT2D eigenvalue weighted by Crippen LogP contribution is 2.22. The quantitative estimate of drug-likeness (QED) is 0.787. The number of hydrogen-bond acceptors (Lipinski definition) is 4. The van der Waals surface area contributed by atoms with Crippen LogP contribution in [0.25, 0.3) is 0 Å². The van der Waals surface area contributed by atoms with Crippen molar-refractivity contribution in [2.45, 2.75) is 13.3 Å². The molecule has 3 N–H and O–H groups in total. The van der Waals surface area contributed by atoms with E-state index in [0.717, 1.165) is 5.69 Å². The number of aryl methyl sites for hydroxylation is 1. The molecule has 112 valence electrons. The van der Waals surface area contributed by atoms with Crippen LogP contribution >= 0.6 is 0 Å². The summed E-state index contributed by atoms with van der Waals surface area (Å²) in [5.41, 5.74) is 7.79. The van der Waals surface area contributed by atoms with E-state index in [4.69, 9.17) is 10.5 Å². The molecule has 0 bridgehead atoms. The van der Waals surface area contributed by atoms with Gasteiger partial charge >= 0.3 is 0 Å². The Hall–Kier alpha value is -2.50. The molecule has 0 aliphatic heterocycles. The minimum atomic E-state index is -0.152. The van der Waals surface area contributed by atoms with E-state index in [9.17, 15) is 4.79 Å². The van der Waals surface area contributed by atoms with Gasteiger partial charge in [-0.15, -0.1) is 0 Å². The lowest BCUT2D eigenvalue weighted by Gasteiger charge is -2.09. The number of benzene rings is 1. The fourth-order valence-corrected chi connectivity index (χ4v) is 1.98. The van der Waals surface area contributed by atoms with Crippen LogP contribution < -0.4 is 15.8 Å². The predicted octanol–water partition coefficient (Wildman–Crippen LogP) is 1.37. The molecule has 0 fully saturated rings. The maximum Gasteiger partial charge on any atom is 0.251 e. The van der Waals surface area contributed by atoms with Crippen LogP contribution in [0.1, 0.15) is 23.0 Å². The third-order valence-corrected chi connectivity index (χ3v) is 3.01. The number of aromatic nitrogens is 2. The Balaban J connectivity index is 1.89. The Morgan fingerprint density at radius 2 is 2.24 bits per heavy atom. The zero-order chi connectivity index (χ0) is 15.2. The van der Waals surface area contributed by atoms with E-state index in [-0.39, 0.29) is 5.91 Å². The van der Waals surface area contributed by atoms with Crippen molar-refractivity contribution in [3.05, 3.63) is 41.7 Å². The number of hydrogen-bond donors (Lipinski definition) is 2. The van der Waals surface area contributed by atoms with Gasteiger partial charge in [-0.2, -0.15) is 5.10 Å². The van der Waals surface area contributed by atoms with Gasteiger partial charge in [0.25, 0.3) is 5.91 Å². The lowest BCUT2D eigenvalue weighted by Crippen LogP contribution is -2.25. The second kappa shape index (κ2) is 6.78. The first-order valence-electron chi connectivity index (χ1n) is 6.89. The monoisotopic (exact) mass is 288 g/mol. The van der Waals surface area contributed by atoms with E-state index in [1.807, 2.05) is 26.2 Å². The van der Waals surface area contributed by atoms with Crippen LogP contribution in [0.5, 0.6) is 5.75 Å². The Labute approximate surface area is 123 Å². The molecule has 0 atom stereocenters. The summed E-state index contributed by atoms with van der Waals surface area (Å²) in [5, 5.41) is 7.11. The lowest BCUT2D eigenvalue weighted by molar-refractivity contribution is 0.0954. The zero-order valence-electron chi connectivity index (χ0n) is 12.3. The summed E-state index contributed by atoms with van der Waals surface area (Å²) < 4.78 is 7.09. The van der Waals surface area contributed by atoms with Gasteiger partial charge in [-0.3, -0.25) is 9.48 Å². The van der Waals surface area contributed by atoms with Crippen molar-refractivity contribution in [2.75, 3.05) is 18.9 Å². The van der Waals surface area contributed by atoms with Gasteiger partial charge in [0.05, 0.1) is 18.0 Å². The largest absolute Gasteiger partial charge is 0.492 e. The van der Waals surface area contributed by atoms with E-state index in [2.05, 4.69) is 10.4 Å². The number of carbonyl (C=O) groups is 1. The summed E-state index contributed by atoms with van der Waals surface area (Å²) in [7, 11) is 1.87. The van der Waals surface area contributed by atoms with Gasteiger partial charge in [0.2, 0.25) is 0 Å². The first-order valence-corrected chi connectivity index (χ1v) is 6.89. The van der Waals surface area contributed by atoms with Crippen molar-refractivity contribution < 1.29 is 9.53 Å². The van der Waals surface area contributed by atoms with Crippen LogP contribution in [0.15, 0.2) is 30.5 Å². The molecule has 0 saturated heterocycles. The summed E-state index contributed by atoms with van der Waals surface area (Å²) in [4.78, 5) is 12.0. The van der Waals surface area contributed by atoms with Crippen LogP contribution in [0.4, 0.5) is 5.69 Å². The average molecular weight is 288 g/mol. The first-order chi connectivity index (χ1) is 10.1. The van der Waals surface area contributed by atoms with Crippen LogP contribution in [-0.4, -0.2) is 28.8 Å². The average Bonchev–Trinajstić information content (AvgIpc) is 2.87. The Kier molecular flexibility index (Phi) is 4.81. The molecule has 6 heteroatoms. The number of nitrogen functional groups attached to an aromatic ring is 1. The van der Waals surface area contributed by atoms with Crippen molar-refractivity contribution >= 4 is 11.6 Å². The topological polar surface area (TPSA) is 82.2 Å². The van der Waals surface area contributed by atoms with E-state index >= 15 is 0 Å². The highest BCUT2D eigenvalue weighted by atomic mass is 16.5. The summed E-state index contributed by atoms with van der Waals surface area (Å²) >= 11 is 0. The normalized spacial score (nSPS) is 10.4. The molecular weight excluding hydrogens is 268 g/mol.